The molecule has 0 aliphatic heterocycles. The molecule has 1 amide bonds. The van der Waals surface area contributed by atoms with Crippen molar-refractivity contribution in [3.8, 4) is 5.75 Å². The molecule has 1 aliphatic rings. The highest BCUT2D eigenvalue weighted by molar-refractivity contribution is 5.99. The fourth-order valence-corrected chi connectivity index (χ4v) is 1.33. The lowest BCUT2D eigenvalue weighted by atomic mass is 10.1. The van der Waals surface area contributed by atoms with Gasteiger partial charge in [0.1, 0.15) is 11.3 Å². The van der Waals surface area contributed by atoms with E-state index in [-0.39, 0.29) is 12.0 Å². The molecular formula is C11H12N2O3. The Kier molecular flexibility index (Phi) is 2.85. The van der Waals surface area contributed by atoms with E-state index < -0.39 is 0 Å². The molecule has 0 radical (unpaired) electrons. The fourth-order valence-electron chi connectivity index (χ4n) is 1.33. The van der Waals surface area contributed by atoms with Crippen LogP contribution in [-0.2, 0) is 0 Å². The van der Waals surface area contributed by atoms with Gasteiger partial charge in [-0.3, -0.25) is 14.6 Å². The van der Waals surface area contributed by atoms with E-state index in [1.165, 1.54) is 19.4 Å². The lowest BCUT2D eigenvalue weighted by molar-refractivity contribution is 0.0958. The van der Waals surface area contributed by atoms with E-state index in [9.17, 15) is 9.59 Å². The van der Waals surface area contributed by atoms with Crippen LogP contribution in [0, 0.1) is 0 Å². The van der Waals surface area contributed by atoms with Gasteiger partial charge in [0.25, 0.3) is 5.91 Å². The van der Waals surface area contributed by atoms with Crippen LogP contribution in [-0.4, -0.2) is 30.3 Å². The third kappa shape index (κ3) is 2.03. The second-order valence-electron chi connectivity index (χ2n) is 3.62. The van der Waals surface area contributed by atoms with Crippen molar-refractivity contribution in [3.05, 3.63) is 23.5 Å². The van der Waals surface area contributed by atoms with Crippen LogP contribution in [0.2, 0.25) is 0 Å². The zero-order chi connectivity index (χ0) is 11.5. The number of nitrogens with one attached hydrogen (secondary N) is 1. The Morgan fingerprint density at radius 2 is 2.31 bits per heavy atom. The standard InChI is InChI=1S/C11H12N2O3/c1-12-11(15)9-5-13-4-7(6-14)10(9)16-8-2-3-8/h4-6,8H,2-3H2,1H3,(H,12,15). The first-order valence-electron chi connectivity index (χ1n) is 5.08. The number of carbonyl (C=O) groups is 2. The molecule has 0 bridgehead atoms. The summed E-state index contributed by atoms with van der Waals surface area (Å²) in [6.07, 6.45) is 5.52. The smallest absolute Gasteiger partial charge is 0.256 e. The Bertz CT molecular complexity index is 427. The Hall–Kier alpha value is -1.91. The van der Waals surface area contributed by atoms with Gasteiger partial charge in [0, 0.05) is 19.4 Å². The molecule has 16 heavy (non-hydrogen) atoms. The Morgan fingerprint density at radius 3 is 2.88 bits per heavy atom. The van der Waals surface area contributed by atoms with E-state index in [1.807, 2.05) is 0 Å². The number of aromatic nitrogens is 1. The highest BCUT2D eigenvalue weighted by atomic mass is 16.5. The van der Waals surface area contributed by atoms with Gasteiger partial charge in [0.2, 0.25) is 0 Å². The van der Waals surface area contributed by atoms with Crippen molar-refractivity contribution in [2.45, 2.75) is 18.9 Å². The van der Waals surface area contributed by atoms with Crippen LogP contribution in [0.1, 0.15) is 33.6 Å². The molecule has 0 atom stereocenters. The molecule has 1 N–H and O–H groups in total. The predicted octanol–water partition coefficient (Wildman–Crippen LogP) is 0.795. The van der Waals surface area contributed by atoms with Crippen molar-refractivity contribution in [1.29, 1.82) is 0 Å². The molecule has 1 fully saturated rings. The first-order chi connectivity index (χ1) is 7.76. The summed E-state index contributed by atoms with van der Waals surface area (Å²) in [6, 6.07) is 0. The zero-order valence-corrected chi connectivity index (χ0v) is 8.90. The number of amides is 1. The minimum absolute atomic E-state index is 0.129. The van der Waals surface area contributed by atoms with Crippen molar-refractivity contribution in [3.63, 3.8) is 0 Å². The van der Waals surface area contributed by atoms with Gasteiger partial charge in [-0.25, -0.2) is 0 Å². The first kappa shape index (κ1) is 10.6. The number of nitrogens with zero attached hydrogens (tertiary/aromatic N) is 1. The van der Waals surface area contributed by atoms with Crippen LogP contribution in [0.4, 0.5) is 0 Å². The summed E-state index contributed by atoms with van der Waals surface area (Å²) < 4.78 is 5.57. The maximum Gasteiger partial charge on any atom is 0.256 e. The topological polar surface area (TPSA) is 68.3 Å². The van der Waals surface area contributed by atoms with Gasteiger partial charge >= 0.3 is 0 Å². The molecule has 2 rings (SSSR count). The van der Waals surface area contributed by atoms with E-state index in [4.69, 9.17) is 4.74 Å². The number of hydrogen-bond donors (Lipinski definition) is 1. The minimum atomic E-state index is -0.299. The molecule has 0 unspecified atom stereocenters. The third-order valence-electron chi connectivity index (χ3n) is 2.33. The molecule has 1 aromatic heterocycles. The van der Waals surface area contributed by atoms with E-state index in [1.54, 1.807) is 0 Å². The lowest BCUT2D eigenvalue weighted by Crippen LogP contribution is -2.20. The number of carbonyl (C=O) groups excluding carboxylic acids is 2. The fraction of sp³-hybridized carbons (Fsp3) is 0.364. The molecule has 5 nitrogen and oxygen atoms in total. The summed E-state index contributed by atoms with van der Waals surface area (Å²) in [5, 5.41) is 2.49. The van der Waals surface area contributed by atoms with Crippen molar-refractivity contribution in [2.24, 2.45) is 0 Å². The van der Waals surface area contributed by atoms with Crippen LogP contribution in [0.5, 0.6) is 5.75 Å². The van der Waals surface area contributed by atoms with Crippen LogP contribution in [0.3, 0.4) is 0 Å². The van der Waals surface area contributed by atoms with E-state index in [0.717, 1.165) is 12.8 Å². The van der Waals surface area contributed by atoms with Crippen LogP contribution < -0.4 is 10.1 Å². The van der Waals surface area contributed by atoms with Crippen molar-refractivity contribution in [1.82, 2.24) is 10.3 Å². The van der Waals surface area contributed by atoms with Crippen molar-refractivity contribution < 1.29 is 14.3 Å². The zero-order valence-electron chi connectivity index (χ0n) is 8.90. The Morgan fingerprint density at radius 1 is 1.56 bits per heavy atom. The maximum absolute atomic E-state index is 11.6. The third-order valence-corrected chi connectivity index (χ3v) is 2.33. The van der Waals surface area contributed by atoms with E-state index in [2.05, 4.69) is 10.3 Å². The van der Waals surface area contributed by atoms with E-state index >= 15 is 0 Å². The van der Waals surface area contributed by atoms with Crippen molar-refractivity contribution >= 4 is 12.2 Å². The van der Waals surface area contributed by atoms with Gasteiger partial charge < -0.3 is 10.1 Å². The summed E-state index contributed by atoms with van der Waals surface area (Å²) >= 11 is 0. The number of pyridine rings is 1. The van der Waals surface area contributed by atoms with Crippen LogP contribution in [0.25, 0.3) is 0 Å². The minimum Gasteiger partial charge on any atom is -0.489 e. The Labute approximate surface area is 92.8 Å². The molecule has 84 valence electrons. The molecule has 0 aromatic carbocycles. The van der Waals surface area contributed by atoms with Gasteiger partial charge in [-0.2, -0.15) is 0 Å². The largest absolute Gasteiger partial charge is 0.489 e. The predicted molar refractivity (Wildman–Crippen MR) is 56.7 cm³/mol. The average Bonchev–Trinajstić information content (AvgIpc) is 3.12. The molecule has 0 spiro atoms. The summed E-state index contributed by atoms with van der Waals surface area (Å²) in [4.78, 5) is 26.2. The number of hydrogen-bond acceptors (Lipinski definition) is 4. The summed E-state index contributed by atoms with van der Waals surface area (Å²) in [6.45, 7) is 0. The van der Waals surface area contributed by atoms with Crippen molar-refractivity contribution in [2.75, 3.05) is 7.05 Å². The van der Waals surface area contributed by atoms with Gasteiger partial charge in [0.15, 0.2) is 6.29 Å². The average molecular weight is 220 g/mol. The van der Waals surface area contributed by atoms with Crippen LogP contribution >= 0.6 is 0 Å². The highest BCUT2D eigenvalue weighted by Crippen LogP contribution is 2.30. The monoisotopic (exact) mass is 220 g/mol. The lowest BCUT2D eigenvalue weighted by Gasteiger charge is -2.11. The molecule has 1 heterocycles. The van der Waals surface area contributed by atoms with Gasteiger partial charge in [-0.05, 0) is 12.8 Å². The quantitative estimate of drug-likeness (QED) is 0.762. The second-order valence-corrected chi connectivity index (χ2v) is 3.62. The summed E-state index contributed by atoms with van der Waals surface area (Å²) in [7, 11) is 1.52. The SMILES string of the molecule is CNC(=O)c1cncc(C=O)c1OC1CC1. The normalized spacial score (nSPS) is 14.3. The molecule has 1 aliphatic carbocycles. The maximum atomic E-state index is 11.6. The van der Waals surface area contributed by atoms with Gasteiger partial charge in [0.05, 0.1) is 11.7 Å². The molecule has 0 saturated heterocycles. The summed E-state index contributed by atoms with van der Waals surface area (Å²) in [5.41, 5.74) is 0.618. The first-order valence-corrected chi connectivity index (χ1v) is 5.08. The number of aldehydes is 1. The summed E-state index contributed by atoms with van der Waals surface area (Å²) in [5.74, 6) is 0.0405. The molecular weight excluding hydrogens is 208 g/mol. The molecule has 1 aromatic rings. The molecule has 1 saturated carbocycles. The van der Waals surface area contributed by atoms with Gasteiger partial charge in [-0.1, -0.05) is 0 Å². The molecule has 5 heteroatoms. The van der Waals surface area contributed by atoms with Crippen LogP contribution in [0.15, 0.2) is 12.4 Å². The van der Waals surface area contributed by atoms with Gasteiger partial charge in [-0.15, -0.1) is 0 Å². The number of ether oxygens (including phenoxy) is 1. The Balaban J connectivity index is 2.40. The second kappa shape index (κ2) is 4.30. The highest BCUT2D eigenvalue weighted by Gasteiger charge is 2.27. The number of rotatable bonds is 4. The van der Waals surface area contributed by atoms with E-state index in [0.29, 0.717) is 23.2 Å².